The molecule has 0 aliphatic heterocycles. The van der Waals surface area contributed by atoms with Crippen molar-refractivity contribution in [2.45, 2.75) is 34.6 Å². The van der Waals surface area contributed by atoms with Crippen molar-refractivity contribution >= 4 is 39.9 Å². The van der Waals surface area contributed by atoms with E-state index in [1.54, 1.807) is 12.2 Å². The summed E-state index contributed by atoms with van der Waals surface area (Å²) in [5.41, 5.74) is 22.9. The highest BCUT2D eigenvalue weighted by Crippen LogP contribution is 2.29. The van der Waals surface area contributed by atoms with Crippen molar-refractivity contribution in [2.75, 3.05) is 22.1 Å². The van der Waals surface area contributed by atoms with Crippen LogP contribution >= 0.6 is 0 Å². The fraction of sp³-hybridized carbons (Fsp3) is 0.172. The Kier molecular flexibility index (Phi) is 6.47. The minimum absolute atomic E-state index is 0.141. The van der Waals surface area contributed by atoms with Crippen molar-refractivity contribution in [3.63, 3.8) is 0 Å². The molecule has 178 valence electrons. The third-order valence-corrected chi connectivity index (χ3v) is 6.57. The zero-order valence-corrected chi connectivity index (χ0v) is 20.8. The van der Waals surface area contributed by atoms with Gasteiger partial charge in [0.15, 0.2) is 0 Å². The molecule has 3 aromatic rings. The van der Waals surface area contributed by atoms with Gasteiger partial charge in [-0.3, -0.25) is 4.79 Å². The molecule has 0 saturated carbocycles. The molecule has 4 rings (SSSR count). The molecular formula is C29H31N5O. The number of nitrogens with two attached hydrogens (primary N) is 2. The summed E-state index contributed by atoms with van der Waals surface area (Å²) in [5, 5.41) is 6.66. The molecule has 1 aliphatic rings. The molecule has 6 N–H and O–H groups in total. The second-order valence-electron chi connectivity index (χ2n) is 8.97. The van der Waals surface area contributed by atoms with Crippen LogP contribution in [0.4, 0.5) is 28.4 Å². The third kappa shape index (κ3) is 4.96. The van der Waals surface area contributed by atoms with E-state index in [1.807, 2.05) is 83.1 Å². The van der Waals surface area contributed by atoms with Crippen molar-refractivity contribution < 1.29 is 4.79 Å². The number of carbonyl (C=O) groups is 1. The zero-order chi connectivity index (χ0) is 25.3. The number of allylic oxidation sites excluding steroid dienone is 2. The van der Waals surface area contributed by atoms with Crippen molar-refractivity contribution in [2.24, 2.45) is 4.99 Å². The lowest BCUT2D eigenvalue weighted by molar-refractivity contribution is -0.111. The predicted molar refractivity (Wildman–Crippen MR) is 147 cm³/mol. The van der Waals surface area contributed by atoms with Gasteiger partial charge in [-0.1, -0.05) is 17.7 Å². The molecule has 0 bridgehead atoms. The third-order valence-electron chi connectivity index (χ3n) is 6.57. The van der Waals surface area contributed by atoms with E-state index in [4.69, 9.17) is 16.5 Å². The lowest BCUT2D eigenvalue weighted by Crippen LogP contribution is -2.22. The fourth-order valence-electron chi connectivity index (χ4n) is 3.85. The molecule has 0 radical (unpaired) electrons. The van der Waals surface area contributed by atoms with E-state index in [9.17, 15) is 4.79 Å². The van der Waals surface area contributed by atoms with Crippen molar-refractivity contribution in [3.05, 3.63) is 99.9 Å². The molecular weight excluding hydrogens is 434 g/mol. The van der Waals surface area contributed by atoms with Crippen molar-refractivity contribution in [1.29, 1.82) is 0 Å². The Balaban J connectivity index is 1.77. The molecule has 0 saturated heterocycles. The Morgan fingerprint density at radius 1 is 0.657 bits per heavy atom. The first kappa shape index (κ1) is 23.8. The summed E-state index contributed by atoms with van der Waals surface area (Å²) in [7, 11) is 0. The summed E-state index contributed by atoms with van der Waals surface area (Å²) in [6, 6.07) is 15.5. The molecule has 0 aromatic heterocycles. The number of benzene rings is 3. The largest absolute Gasteiger partial charge is 0.399 e. The molecule has 3 aromatic carbocycles. The number of nitrogen functional groups attached to an aromatic ring is 2. The van der Waals surface area contributed by atoms with Gasteiger partial charge in [-0.15, -0.1) is 0 Å². The maximum atomic E-state index is 13.1. The first-order valence-electron chi connectivity index (χ1n) is 11.5. The topological polar surface area (TPSA) is 106 Å². The lowest BCUT2D eigenvalue weighted by Gasteiger charge is -2.20. The van der Waals surface area contributed by atoms with Crippen LogP contribution in [-0.4, -0.2) is 11.5 Å². The molecule has 0 heterocycles. The van der Waals surface area contributed by atoms with Gasteiger partial charge in [0.2, 0.25) is 5.78 Å². The Hall–Kier alpha value is -4.32. The van der Waals surface area contributed by atoms with Gasteiger partial charge in [-0.05, 0) is 99.3 Å². The zero-order valence-electron chi connectivity index (χ0n) is 20.8. The summed E-state index contributed by atoms with van der Waals surface area (Å²) in [6.45, 7) is 9.97. The maximum Gasteiger partial charge on any atom is 0.204 e. The number of rotatable bonds is 5. The standard InChI is InChI=1S/C29H31N5O/c1-16-6-8-21(9-7-16)32-27-15-29(35)28(34-25-13-11-23(31)18(3)20(25)5)14-26(27)33-24-12-10-22(30)17(2)19(24)4/h6-15,32,34H,30-31H2,1-5H3. The number of aryl methyl sites for hydroxylation is 1. The van der Waals surface area contributed by atoms with Gasteiger partial charge in [0.1, 0.15) is 0 Å². The van der Waals surface area contributed by atoms with E-state index < -0.39 is 0 Å². The number of carbonyl (C=O) groups excluding carboxylic acids is 1. The lowest BCUT2D eigenvalue weighted by atomic mass is 10.0. The van der Waals surface area contributed by atoms with Crippen LogP contribution in [-0.2, 0) is 4.79 Å². The van der Waals surface area contributed by atoms with Gasteiger partial charge >= 0.3 is 0 Å². The number of hydrogen-bond donors (Lipinski definition) is 4. The summed E-state index contributed by atoms with van der Waals surface area (Å²) >= 11 is 0. The van der Waals surface area contributed by atoms with Crippen molar-refractivity contribution in [1.82, 2.24) is 0 Å². The molecule has 0 fully saturated rings. The van der Waals surface area contributed by atoms with E-state index in [-0.39, 0.29) is 5.78 Å². The number of aliphatic imine (C=N–C) groups is 1. The summed E-state index contributed by atoms with van der Waals surface area (Å²) < 4.78 is 0. The van der Waals surface area contributed by atoms with E-state index >= 15 is 0 Å². The van der Waals surface area contributed by atoms with Crippen LogP contribution in [0.3, 0.4) is 0 Å². The molecule has 1 aliphatic carbocycles. The summed E-state index contributed by atoms with van der Waals surface area (Å²) in [4.78, 5) is 18.1. The van der Waals surface area contributed by atoms with E-state index in [2.05, 4.69) is 10.6 Å². The maximum absolute atomic E-state index is 13.1. The highest BCUT2D eigenvalue weighted by Gasteiger charge is 2.21. The number of ketones is 1. The van der Waals surface area contributed by atoms with Crippen LogP contribution in [0.25, 0.3) is 0 Å². The SMILES string of the molecule is Cc1ccc(NC2=CC(=O)C(Nc3ccc(N)c(C)c3C)=CC2=Nc2ccc(N)c(C)c2C)cc1. The Bertz CT molecular complexity index is 1410. The average Bonchev–Trinajstić information content (AvgIpc) is 2.83. The second-order valence-corrected chi connectivity index (χ2v) is 8.97. The minimum Gasteiger partial charge on any atom is -0.399 e. The Morgan fingerprint density at radius 3 is 1.97 bits per heavy atom. The van der Waals surface area contributed by atoms with Gasteiger partial charge in [-0.25, -0.2) is 4.99 Å². The van der Waals surface area contributed by atoms with Crippen LogP contribution in [0.1, 0.15) is 27.8 Å². The molecule has 0 spiro atoms. The van der Waals surface area contributed by atoms with Gasteiger partial charge < -0.3 is 22.1 Å². The minimum atomic E-state index is -0.141. The van der Waals surface area contributed by atoms with Crippen LogP contribution in [0.2, 0.25) is 0 Å². The van der Waals surface area contributed by atoms with Gasteiger partial charge in [0, 0.05) is 28.8 Å². The Morgan fingerprint density at radius 2 is 1.29 bits per heavy atom. The number of nitrogens with zero attached hydrogens (tertiary/aromatic N) is 1. The molecule has 0 unspecified atom stereocenters. The first-order chi connectivity index (χ1) is 16.6. The normalized spacial score (nSPS) is 14.5. The smallest absolute Gasteiger partial charge is 0.204 e. The van der Waals surface area contributed by atoms with Crippen LogP contribution in [0.5, 0.6) is 0 Å². The molecule has 6 heteroatoms. The van der Waals surface area contributed by atoms with Crippen LogP contribution in [0, 0.1) is 34.6 Å². The van der Waals surface area contributed by atoms with E-state index in [0.29, 0.717) is 17.1 Å². The highest BCUT2D eigenvalue weighted by molar-refractivity contribution is 6.24. The van der Waals surface area contributed by atoms with E-state index in [1.165, 1.54) is 0 Å². The fourth-order valence-corrected chi connectivity index (χ4v) is 3.85. The summed E-state index contributed by atoms with van der Waals surface area (Å²) in [6.07, 6.45) is 3.37. The monoisotopic (exact) mass is 465 g/mol. The average molecular weight is 466 g/mol. The molecule has 0 amide bonds. The van der Waals surface area contributed by atoms with Gasteiger partial charge in [0.05, 0.1) is 22.8 Å². The highest BCUT2D eigenvalue weighted by atomic mass is 16.1. The van der Waals surface area contributed by atoms with Crippen LogP contribution < -0.4 is 22.1 Å². The number of nitrogens with one attached hydrogen (secondary N) is 2. The van der Waals surface area contributed by atoms with Gasteiger partial charge in [0.25, 0.3) is 0 Å². The van der Waals surface area contributed by atoms with Gasteiger partial charge in [-0.2, -0.15) is 0 Å². The first-order valence-corrected chi connectivity index (χ1v) is 11.5. The number of anilines is 4. The molecule has 6 nitrogen and oxygen atoms in total. The predicted octanol–water partition coefficient (Wildman–Crippen LogP) is 6.04. The Labute approximate surface area is 206 Å². The molecule has 35 heavy (non-hydrogen) atoms. The second kappa shape index (κ2) is 9.50. The summed E-state index contributed by atoms with van der Waals surface area (Å²) in [5.74, 6) is -0.141. The quantitative estimate of drug-likeness (QED) is 0.271. The molecule has 0 atom stereocenters. The number of hydrogen-bond acceptors (Lipinski definition) is 6. The van der Waals surface area contributed by atoms with Crippen LogP contribution in [0.15, 0.2) is 77.1 Å². The van der Waals surface area contributed by atoms with Crippen molar-refractivity contribution in [3.8, 4) is 0 Å². The van der Waals surface area contributed by atoms with E-state index in [0.717, 1.165) is 56.3 Å².